The van der Waals surface area contributed by atoms with Crippen molar-refractivity contribution in [2.75, 3.05) is 18.5 Å². The highest BCUT2D eigenvalue weighted by molar-refractivity contribution is 7.22. The van der Waals surface area contributed by atoms with Gasteiger partial charge in [-0.15, -0.1) is 21.5 Å². The van der Waals surface area contributed by atoms with Crippen LogP contribution in [-0.4, -0.2) is 46.8 Å². The molecule has 1 aliphatic carbocycles. The third-order valence-electron chi connectivity index (χ3n) is 7.47. The van der Waals surface area contributed by atoms with Crippen LogP contribution in [0.5, 0.6) is 0 Å². The lowest BCUT2D eigenvalue weighted by Gasteiger charge is -2.43. The van der Waals surface area contributed by atoms with Crippen LogP contribution in [0, 0.1) is 27.4 Å². The average Bonchev–Trinajstić information content (AvgIpc) is 3.37. The molecule has 1 aliphatic rings. The molecule has 0 spiro atoms. The van der Waals surface area contributed by atoms with E-state index in [2.05, 4.69) is 15.6 Å². The lowest BCUT2D eigenvalue weighted by molar-refractivity contribution is -0.761. The fraction of sp³-hybridized carbons (Fsp3) is 0.467. The van der Waals surface area contributed by atoms with Crippen molar-refractivity contribution in [3.8, 4) is 0 Å². The summed E-state index contributed by atoms with van der Waals surface area (Å²) in [5.41, 5.74) is -0.958. The Labute approximate surface area is 253 Å². The summed E-state index contributed by atoms with van der Waals surface area (Å²) >= 11 is 1.34. The maximum absolute atomic E-state index is 13.9. The van der Waals surface area contributed by atoms with Gasteiger partial charge in [-0.05, 0) is 69.5 Å². The molecule has 43 heavy (non-hydrogen) atoms. The molecule has 0 saturated heterocycles. The summed E-state index contributed by atoms with van der Waals surface area (Å²) in [7, 11) is 0. The van der Waals surface area contributed by atoms with Gasteiger partial charge in [0.25, 0.3) is 5.09 Å². The van der Waals surface area contributed by atoms with E-state index in [0.29, 0.717) is 17.8 Å². The number of nitrogens with zero attached hydrogens (tertiary/aromatic N) is 2. The normalized spacial score (nSPS) is 19.2. The summed E-state index contributed by atoms with van der Waals surface area (Å²) in [5, 5.41) is 17.5. The van der Waals surface area contributed by atoms with E-state index >= 15 is 0 Å². The van der Waals surface area contributed by atoms with Crippen LogP contribution in [0.25, 0.3) is 10.1 Å². The Balaban J connectivity index is 1.53. The number of esters is 1. The van der Waals surface area contributed by atoms with Crippen molar-refractivity contribution in [1.82, 2.24) is 10.3 Å². The number of rotatable bonds is 11. The van der Waals surface area contributed by atoms with E-state index in [1.54, 1.807) is 33.2 Å². The SMILES string of the molecule is CC(C)(C)OC(=O)NC[C@@H](C(=O)Nc1cc2ccncc2s1)C1(CO[N+](=O)[O-])CCC(C(=O)OCc2ccccc2)CC1. The first kappa shape index (κ1) is 31.7. The number of alkyl carbamates (subject to hydrolysis) is 1. The van der Waals surface area contributed by atoms with Crippen molar-refractivity contribution in [1.29, 1.82) is 0 Å². The number of carbonyl (C=O) groups excluding carboxylic acids is 3. The van der Waals surface area contributed by atoms with Gasteiger partial charge in [0.15, 0.2) is 0 Å². The monoisotopic (exact) mass is 612 g/mol. The molecule has 13 heteroatoms. The van der Waals surface area contributed by atoms with Gasteiger partial charge in [0.05, 0.1) is 21.5 Å². The fourth-order valence-corrected chi connectivity index (χ4v) is 6.22. The zero-order valence-corrected chi connectivity index (χ0v) is 25.2. The highest BCUT2D eigenvalue weighted by atomic mass is 32.1. The molecule has 1 aromatic carbocycles. The van der Waals surface area contributed by atoms with Crippen LogP contribution in [0.15, 0.2) is 54.9 Å². The van der Waals surface area contributed by atoms with Crippen LogP contribution in [0.1, 0.15) is 52.0 Å². The number of hydrogen-bond acceptors (Lipinski definition) is 10. The van der Waals surface area contributed by atoms with E-state index in [-0.39, 0.29) is 38.6 Å². The average molecular weight is 613 g/mol. The highest BCUT2D eigenvalue weighted by Crippen LogP contribution is 2.46. The molecular weight excluding hydrogens is 576 g/mol. The van der Waals surface area contributed by atoms with Crippen molar-refractivity contribution in [2.24, 2.45) is 17.3 Å². The van der Waals surface area contributed by atoms with Gasteiger partial charge in [0.1, 0.15) is 18.8 Å². The number of pyridine rings is 1. The summed E-state index contributed by atoms with van der Waals surface area (Å²) in [6, 6.07) is 13.0. The number of hydrogen-bond donors (Lipinski definition) is 2. The van der Waals surface area contributed by atoms with Crippen molar-refractivity contribution in [2.45, 2.75) is 58.7 Å². The maximum Gasteiger partial charge on any atom is 0.407 e. The van der Waals surface area contributed by atoms with Crippen LogP contribution in [-0.2, 0) is 30.5 Å². The largest absolute Gasteiger partial charge is 0.461 e. The van der Waals surface area contributed by atoms with Gasteiger partial charge < -0.3 is 24.9 Å². The number of benzene rings is 1. The Kier molecular flexibility index (Phi) is 10.2. The zero-order chi connectivity index (χ0) is 31.0. The minimum atomic E-state index is -1.05. The topological polar surface area (TPSA) is 159 Å². The van der Waals surface area contributed by atoms with Crippen LogP contribution in [0.4, 0.5) is 9.80 Å². The van der Waals surface area contributed by atoms with Gasteiger partial charge >= 0.3 is 12.1 Å². The van der Waals surface area contributed by atoms with Crippen LogP contribution < -0.4 is 10.6 Å². The lowest BCUT2D eigenvalue weighted by Crippen LogP contribution is -2.50. The predicted molar refractivity (Wildman–Crippen MR) is 160 cm³/mol. The van der Waals surface area contributed by atoms with Crippen LogP contribution >= 0.6 is 11.3 Å². The van der Waals surface area contributed by atoms with Crippen LogP contribution in [0.2, 0.25) is 0 Å². The molecule has 1 saturated carbocycles. The number of nitrogens with one attached hydrogen (secondary N) is 2. The van der Waals surface area contributed by atoms with E-state index in [1.807, 2.05) is 42.5 Å². The third-order valence-corrected chi connectivity index (χ3v) is 8.47. The van der Waals surface area contributed by atoms with Crippen molar-refractivity contribution in [3.05, 3.63) is 70.5 Å². The summed E-state index contributed by atoms with van der Waals surface area (Å²) in [6.45, 7) is 4.77. The van der Waals surface area contributed by atoms with Gasteiger partial charge in [-0.3, -0.25) is 14.6 Å². The van der Waals surface area contributed by atoms with Gasteiger partial charge in [0.2, 0.25) is 5.91 Å². The predicted octanol–water partition coefficient (Wildman–Crippen LogP) is 5.50. The Hall–Kier alpha value is -4.26. The van der Waals surface area contributed by atoms with Crippen molar-refractivity contribution in [3.63, 3.8) is 0 Å². The number of thiophene rings is 1. The minimum Gasteiger partial charge on any atom is -0.461 e. The number of amides is 2. The van der Waals surface area contributed by atoms with E-state index in [1.165, 1.54) is 11.3 Å². The summed E-state index contributed by atoms with van der Waals surface area (Å²) in [4.78, 5) is 59.7. The molecule has 230 valence electrons. The van der Waals surface area contributed by atoms with E-state index in [4.69, 9.17) is 14.3 Å². The first-order valence-electron chi connectivity index (χ1n) is 14.0. The summed E-state index contributed by atoms with van der Waals surface area (Å²) in [6.07, 6.45) is 3.82. The minimum absolute atomic E-state index is 0.140. The van der Waals surface area contributed by atoms with Gasteiger partial charge in [0, 0.05) is 24.4 Å². The van der Waals surface area contributed by atoms with Crippen molar-refractivity contribution >= 4 is 44.4 Å². The number of aromatic nitrogens is 1. The molecule has 1 fully saturated rings. The molecule has 2 heterocycles. The fourth-order valence-electron chi connectivity index (χ4n) is 5.29. The molecule has 3 aromatic rings. The maximum atomic E-state index is 13.9. The third kappa shape index (κ3) is 8.87. The number of ether oxygens (including phenoxy) is 2. The summed E-state index contributed by atoms with van der Waals surface area (Å²) < 4.78 is 11.8. The highest BCUT2D eigenvalue weighted by Gasteiger charge is 2.48. The first-order valence-corrected chi connectivity index (χ1v) is 14.8. The summed E-state index contributed by atoms with van der Waals surface area (Å²) in [5.74, 6) is -2.18. The molecule has 2 aromatic heterocycles. The molecule has 0 bridgehead atoms. The lowest BCUT2D eigenvalue weighted by atomic mass is 9.63. The molecule has 12 nitrogen and oxygen atoms in total. The van der Waals surface area contributed by atoms with Crippen molar-refractivity contribution < 1.29 is 33.8 Å². The quantitative estimate of drug-likeness (QED) is 0.162. The molecule has 0 radical (unpaired) electrons. The van der Waals surface area contributed by atoms with Gasteiger partial charge in [-0.2, -0.15) is 0 Å². The molecule has 2 N–H and O–H groups in total. The Morgan fingerprint density at radius 3 is 2.53 bits per heavy atom. The molecular formula is C30H36N4O8S. The molecule has 1 atom stereocenters. The van der Waals surface area contributed by atoms with Gasteiger partial charge in [-0.1, -0.05) is 30.3 Å². The first-order chi connectivity index (χ1) is 20.4. The zero-order valence-electron chi connectivity index (χ0n) is 24.4. The van der Waals surface area contributed by atoms with E-state index in [9.17, 15) is 24.5 Å². The standard InChI is InChI=1S/C30H36N4O8S/c1-29(2,3)42-28(37)32-16-23(26(35)33-25-15-22-11-14-31-17-24(22)43-25)30(19-41-34(38)39)12-9-21(10-13-30)27(36)40-18-20-7-5-4-6-8-20/h4-8,11,14-15,17,21,23H,9-10,12-13,16,18-19H2,1-3H3,(H,32,37)(H,33,35)/t21?,23-,30?/m0/s1. The van der Waals surface area contributed by atoms with E-state index in [0.717, 1.165) is 15.6 Å². The van der Waals surface area contributed by atoms with Gasteiger partial charge in [-0.25, -0.2) is 4.79 Å². The molecule has 4 rings (SSSR count). The molecule has 0 aliphatic heterocycles. The van der Waals surface area contributed by atoms with E-state index < -0.39 is 39.9 Å². The smallest absolute Gasteiger partial charge is 0.407 e. The molecule has 0 unspecified atom stereocenters. The number of anilines is 1. The molecule has 2 amide bonds. The number of carbonyl (C=O) groups is 3. The number of fused-ring (bicyclic) bond motifs is 1. The second kappa shape index (κ2) is 13.8. The second-order valence-electron chi connectivity index (χ2n) is 11.7. The Bertz CT molecular complexity index is 1400. The second-order valence-corrected chi connectivity index (χ2v) is 12.8. The van der Waals surface area contributed by atoms with Crippen LogP contribution in [0.3, 0.4) is 0 Å². The Morgan fingerprint density at radius 1 is 1.16 bits per heavy atom. The Morgan fingerprint density at radius 2 is 1.88 bits per heavy atom.